The number of imidazole rings is 1. The monoisotopic (exact) mass is 410 g/mol. The van der Waals surface area contributed by atoms with Crippen LogP contribution in [0.5, 0.6) is 0 Å². The summed E-state index contributed by atoms with van der Waals surface area (Å²) in [5.41, 5.74) is 2.04. The van der Waals surface area contributed by atoms with Crippen molar-refractivity contribution >= 4 is 28.7 Å². The van der Waals surface area contributed by atoms with Crippen LogP contribution in [0.15, 0.2) is 34.9 Å². The Kier molecular flexibility index (Phi) is 6.32. The second kappa shape index (κ2) is 9.30. The molecule has 1 aromatic carbocycles. The molecule has 1 aliphatic heterocycles. The number of aromatic amines is 1. The minimum Gasteiger partial charge on any atom is -0.360 e. The molecule has 8 heteroatoms. The molecule has 0 radical (unpaired) electrons. The molecule has 1 fully saturated rings. The first-order valence-electron chi connectivity index (χ1n) is 10.8. The lowest BCUT2D eigenvalue weighted by Crippen LogP contribution is -2.46. The van der Waals surface area contributed by atoms with E-state index in [2.05, 4.69) is 32.2 Å². The van der Waals surface area contributed by atoms with E-state index < -0.39 is 0 Å². The van der Waals surface area contributed by atoms with Crippen molar-refractivity contribution in [2.45, 2.75) is 45.6 Å². The quantitative estimate of drug-likeness (QED) is 0.619. The van der Waals surface area contributed by atoms with Gasteiger partial charge in [-0.25, -0.2) is 4.98 Å². The Morgan fingerprint density at radius 3 is 2.90 bits per heavy atom. The van der Waals surface area contributed by atoms with Gasteiger partial charge in [0.2, 0.25) is 11.9 Å². The van der Waals surface area contributed by atoms with Crippen molar-refractivity contribution in [1.29, 1.82) is 0 Å². The molecule has 0 aliphatic carbocycles. The summed E-state index contributed by atoms with van der Waals surface area (Å²) in [4.78, 5) is 25.8. The molecular formula is C22H30N6O2. The van der Waals surface area contributed by atoms with Crippen LogP contribution in [0.2, 0.25) is 0 Å². The summed E-state index contributed by atoms with van der Waals surface area (Å²) in [5, 5.41) is 6.84. The first kappa shape index (κ1) is 20.4. The van der Waals surface area contributed by atoms with E-state index in [9.17, 15) is 4.79 Å². The summed E-state index contributed by atoms with van der Waals surface area (Å²) in [6.45, 7) is 7.42. The topological polar surface area (TPSA) is 90.3 Å². The smallest absolute Gasteiger partial charge is 0.242 e. The summed E-state index contributed by atoms with van der Waals surface area (Å²) >= 11 is 0. The van der Waals surface area contributed by atoms with E-state index in [1.165, 1.54) is 0 Å². The number of hydrogen-bond acceptors (Lipinski definition) is 6. The number of rotatable bonds is 7. The Morgan fingerprint density at radius 1 is 1.27 bits per heavy atom. The van der Waals surface area contributed by atoms with Crippen LogP contribution in [0.4, 0.5) is 11.8 Å². The van der Waals surface area contributed by atoms with E-state index in [0.717, 1.165) is 68.8 Å². The minimum absolute atomic E-state index is 0.00561. The van der Waals surface area contributed by atoms with E-state index >= 15 is 0 Å². The first-order valence-corrected chi connectivity index (χ1v) is 10.8. The predicted molar refractivity (Wildman–Crippen MR) is 118 cm³/mol. The zero-order valence-electron chi connectivity index (χ0n) is 17.7. The molecule has 0 spiro atoms. The van der Waals surface area contributed by atoms with Crippen molar-refractivity contribution in [3.63, 3.8) is 0 Å². The van der Waals surface area contributed by atoms with Crippen molar-refractivity contribution in [1.82, 2.24) is 20.0 Å². The Balaban J connectivity index is 1.44. The van der Waals surface area contributed by atoms with Crippen LogP contribution < -0.4 is 10.2 Å². The number of unbranched alkanes of at least 4 members (excludes halogenated alkanes) is 1. The van der Waals surface area contributed by atoms with Gasteiger partial charge < -0.3 is 19.7 Å². The number of nitrogens with zero attached hydrogens (tertiary/aromatic N) is 4. The molecule has 0 saturated carbocycles. The molecule has 1 aliphatic rings. The van der Waals surface area contributed by atoms with Gasteiger partial charge in [-0.1, -0.05) is 37.1 Å². The number of amides is 1. The normalized spacial score (nSPS) is 16.5. The van der Waals surface area contributed by atoms with Crippen LogP contribution in [0.1, 0.15) is 38.4 Å². The lowest BCUT2D eigenvalue weighted by Gasteiger charge is -2.29. The zero-order chi connectivity index (χ0) is 20.9. The molecule has 4 rings (SSSR count). The number of nitrogens with one attached hydrogen (secondary N) is 2. The molecule has 2 aromatic heterocycles. The van der Waals surface area contributed by atoms with E-state index in [1.54, 1.807) is 6.07 Å². The zero-order valence-corrected chi connectivity index (χ0v) is 17.7. The van der Waals surface area contributed by atoms with Gasteiger partial charge in [-0.3, -0.25) is 9.69 Å². The fourth-order valence-electron chi connectivity index (χ4n) is 4.06. The average molecular weight is 411 g/mol. The molecule has 8 nitrogen and oxygen atoms in total. The molecule has 1 unspecified atom stereocenters. The van der Waals surface area contributed by atoms with E-state index in [1.807, 2.05) is 31.2 Å². The van der Waals surface area contributed by atoms with Crippen molar-refractivity contribution < 1.29 is 9.32 Å². The Bertz CT molecular complexity index is 948. The molecule has 1 saturated heterocycles. The number of carbonyl (C=O) groups is 1. The molecular weight excluding hydrogens is 380 g/mol. The van der Waals surface area contributed by atoms with Gasteiger partial charge >= 0.3 is 0 Å². The molecule has 160 valence electrons. The number of aromatic nitrogens is 3. The fraction of sp³-hybridized carbons (Fsp3) is 0.500. The van der Waals surface area contributed by atoms with Gasteiger partial charge in [0.25, 0.3) is 0 Å². The highest BCUT2D eigenvalue weighted by Gasteiger charge is 2.28. The summed E-state index contributed by atoms with van der Waals surface area (Å²) in [6, 6.07) is 9.67. The van der Waals surface area contributed by atoms with Crippen molar-refractivity contribution in [2.75, 3.05) is 36.4 Å². The van der Waals surface area contributed by atoms with E-state index in [0.29, 0.717) is 11.6 Å². The molecule has 2 N–H and O–H groups in total. The van der Waals surface area contributed by atoms with Crippen LogP contribution in [0, 0.1) is 6.92 Å². The Labute approximate surface area is 176 Å². The third kappa shape index (κ3) is 4.64. The third-order valence-corrected chi connectivity index (χ3v) is 5.66. The number of aryl methyl sites for hydroxylation is 1. The number of carbonyl (C=O) groups excluding carboxylic acids is 1. The summed E-state index contributed by atoms with van der Waals surface area (Å²) < 4.78 is 5.08. The largest absolute Gasteiger partial charge is 0.360 e. The van der Waals surface area contributed by atoms with Gasteiger partial charge in [0.05, 0.1) is 17.1 Å². The SMILES string of the molecule is CCCCC(C(=O)Nc1cc(C)on1)N1CCCN(c2nc3ccccc3[nH]2)CC1. The van der Waals surface area contributed by atoms with E-state index in [-0.39, 0.29) is 11.9 Å². The maximum atomic E-state index is 13.0. The minimum atomic E-state index is -0.169. The van der Waals surface area contributed by atoms with Crippen LogP contribution in [-0.4, -0.2) is 58.2 Å². The number of para-hydroxylation sites is 2. The van der Waals surface area contributed by atoms with Gasteiger partial charge in [0.1, 0.15) is 5.76 Å². The fourth-order valence-corrected chi connectivity index (χ4v) is 4.06. The van der Waals surface area contributed by atoms with Gasteiger partial charge in [-0.15, -0.1) is 0 Å². The van der Waals surface area contributed by atoms with Crippen LogP contribution >= 0.6 is 0 Å². The van der Waals surface area contributed by atoms with Crippen molar-refractivity contribution in [3.8, 4) is 0 Å². The predicted octanol–water partition coefficient (Wildman–Crippen LogP) is 3.57. The van der Waals surface area contributed by atoms with Gasteiger partial charge in [-0.05, 0) is 31.9 Å². The van der Waals surface area contributed by atoms with Crippen LogP contribution in [-0.2, 0) is 4.79 Å². The van der Waals surface area contributed by atoms with E-state index in [4.69, 9.17) is 9.51 Å². The number of anilines is 2. The molecule has 1 atom stereocenters. The van der Waals surface area contributed by atoms with Crippen molar-refractivity contribution in [2.24, 2.45) is 0 Å². The highest BCUT2D eigenvalue weighted by molar-refractivity contribution is 5.94. The lowest BCUT2D eigenvalue weighted by molar-refractivity contribution is -0.121. The Hall–Kier alpha value is -2.87. The second-order valence-electron chi connectivity index (χ2n) is 7.92. The Morgan fingerprint density at radius 2 is 2.13 bits per heavy atom. The van der Waals surface area contributed by atoms with Gasteiger partial charge in [-0.2, -0.15) is 0 Å². The van der Waals surface area contributed by atoms with Crippen molar-refractivity contribution in [3.05, 3.63) is 36.1 Å². The molecule has 30 heavy (non-hydrogen) atoms. The lowest BCUT2D eigenvalue weighted by atomic mass is 10.1. The maximum Gasteiger partial charge on any atom is 0.242 e. The number of fused-ring (bicyclic) bond motifs is 1. The highest BCUT2D eigenvalue weighted by atomic mass is 16.5. The maximum absolute atomic E-state index is 13.0. The molecule has 3 heterocycles. The molecule has 1 amide bonds. The second-order valence-corrected chi connectivity index (χ2v) is 7.92. The molecule has 3 aromatic rings. The van der Waals surface area contributed by atoms with Gasteiger partial charge in [0, 0.05) is 32.2 Å². The first-order chi connectivity index (χ1) is 14.6. The van der Waals surface area contributed by atoms with Gasteiger partial charge in [0.15, 0.2) is 5.82 Å². The number of benzene rings is 1. The number of hydrogen-bond donors (Lipinski definition) is 2. The third-order valence-electron chi connectivity index (χ3n) is 5.66. The summed E-state index contributed by atoms with van der Waals surface area (Å²) in [5.74, 6) is 2.07. The van der Waals surface area contributed by atoms with Crippen LogP contribution in [0.25, 0.3) is 11.0 Å². The summed E-state index contributed by atoms with van der Waals surface area (Å²) in [6.07, 6.45) is 3.89. The molecule has 0 bridgehead atoms. The highest BCUT2D eigenvalue weighted by Crippen LogP contribution is 2.20. The average Bonchev–Trinajstić information content (AvgIpc) is 3.27. The van der Waals surface area contributed by atoms with Crippen LogP contribution in [0.3, 0.4) is 0 Å². The number of H-pyrrole nitrogens is 1. The summed E-state index contributed by atoms with van der Waals surface area (Å²) in [7, 11) is 0. The standard InChI is InChI=1S/C22H30N6O2/c1-3-4-10-19(21(29)25-20-15-16(2)30-26-20)27-11-7-12-28(14-13-27)22-23-17-8-5-6-9-18(17)24-22/h5-6,8-9,15,19H,3-4,7,10-14H2,1-2H3,(H,23,24)(H,25,26,29).